The summed E-state index contributed by atoms with van der Waals surface area (Å²) in [6, 6.07) is 14.1. The smallest absolute Gasteiger partial charge is 0.261 e. The third-order valence-corrected chi connectivity index (χ3v) is 4.34. The first kappa shape index (κ1) is 17.2. The summed E-state index contributed by atoms with van der Waals surface area (Å²) in [5, 5.41) is 3.47. The highest BCUT2D eigenvalue weighted by Gasteiger charge is 2.34. The van der Waals surface area contributed by atoms with Crippen molar-refractivity contribution in [3.63, 3.8) is 0 Å². The maximum atomic E-state index is 12.2. The third-order valence-electron chi connectivity index (χ3n) is 4.09. The molecule has 0 saturated carbocycles. The average molecular weight is 357 g/mol. The van der Waals surface area contributed by atoms with Crippen LogP contribution >= 0.6 is 11.6 Å². The molecule has 0 aromatic heterocycles. The summed E-state index contributed by atoms with van der Waals surface area (Å²) in [6.45, 7) is 0.571. The van der Waals surface area contributed by atoms with Crippen molar-refractivity contribution in [2.45, 2.75) is 12.8 Å². The van der Waals surface area contributed by atoms with E-state index in [0.29, 0.717) is 29.1 Å². The number of rotatable bonds is 6. The van der Waals surface area contributed by atoms with E-state index in [1.165, 1.54) is 0 Å². The van der Waals surface area contributed by atoms with Gasteiger partial charge in [-0.05, 0) is 36.2 Å². The molecule has 3 rings (SSSR count). The van der Waals surface area contributed by atoms with E-state index in [-0.39, 0.29) is 30.7 Å². The molecule has 6 heteroatoms. The van der Waals surface area contributed by atoms with Gasteiger partial charge in [-0.25, -0.2) is 0 Å². The second-order valence-electron chi connectivity index (χ2n) is 5.78. The van der Waals surface area contributed by atoms with Gasteiger partial charge in [0, 0.05) is 24.5 Å². The lowest BCUT2D eigenvalue weighted by atomic mass is 10.1. The predicted octanol–water partition coefficient (Wildman–Crippen LogP) is 2.69. The normalized spacial score (nSPS) is 13.1. The molecular weight excluding hydrogens is 340 g/mol. The van der Waals surface area contributed by atoms with Crippen LogP contribution in [0.25, 0.3) is 0 Å². The van der Waals surface area contributed by atoms with Crippen LogP contribution in [0.3, 0.4) is 0 Å². The Labute approximate surface area is 150 Å². The molecule has 0 atom stereocenters. The van der Waals surface area contributed by atoms with Gasteiger partial charge in [-0.2, -0.15) is 0 Å². The first-order valence-corrected chi connectivity index (χ1v) is 8.40. The van der Waals surface area contributed by atoms with Crippen LogP contribution in [0.15, 0.2) is 48.5 Å². The van der Waals surface area contributed by atoms with E-state index >= 15 is 0 Å². The minimum Gasteiger partial charge on any atom is -0.356 e. The van der Waals surface area contributed by atoms with Crippen molar-refractivity contribution in [1.82, 2.24) is 10.2 Å². The molecule has 1 heterocycles. The van der Waals surface area contributed by atoms with E-state index in [1.807, 2.05) is 12.1 Å². The average Bonchev–Trinajstić information content (AvgIpc) is 2.86. The van der Waals surface area contributed by atoms with Crippen LogP contribution in [0, 0.1) is 0 Å². The van der Waals surface area contributed by atoms with E-state index in [2.05, 4.69) is 5.32 Å². The van der Waals surface area contributed by atoms with E-state index in [0.717, 1.165) is 10.5 Å². The van der Waals surface area contributed by atoms with Crippen molar-refractivity contribution in [2.75, 3.05) is 13.1 Å². The van der Waals surface area contributed by atoms with Crippen molar-refractivity contribution < 1.29 is 14.4 Å². The highest BCUT2D eigenvalue weighted by molar-refractivity contribution is 6.30. The lowest BCUT2D eigenvalue weighted by Crippen LogP contribution is -2.35. The Balaban J connectivity index is 1.46. The molecule has 1 aliphatic heterocycles. The fourth-order valence-electron chi connectivity index (χ4n) is 2.74. The molecule has 5 nitrogen and oxygen atoms in total. The van der Waals surface area contributed by atoms with Crippen molar-refractivity contribution >= 4 is 29.3 Å². The molecule has 0 spiro atoms. The fraction of sp³-hybridized carbons (Fsp3) is 0.211. The van der Waals surface area contributed by atoms with E-state index in [1.54, 1.807) is 36.4 Å². The van der Waals surface area contributed by atoms with Crippen LogP contribution < -0.4 is 5.32 Å². The molecule has 25 heavy (non-hydrogen) atoms. The van der Waals surface area contributed by atoms with Gasteiger partial charge in [-0.3, -0.25) is 19.3 Å². The van der Waals surface area contributed by atoms with Crippen molar-refractivity contribution in [2.24, 2.45) is 0 Å². The molecule has 0 unspecified atom stereocenters. The zero-order valence-electron chi connectivity index (χ0n) is 13.5. The summed E-state index contributed by atoms with van der Waals surface area (Å²) in [5.41, 5.74) is 1.87. The minimum atomic E-state index is -0.338. The second-order valence-corrected chi connectivity index (χ2v) is 6.22. The van der Waals surface area contributed by atoms with E-state index in [9.17, 15) is 14.4 Å². The van der Waals surface area contributed by atoms with Gasteiger partial charge in [0.15, 0.2) is 0 Å². The molecule has 128 valence electrons. The van der Waals surface area contributed by atoms with Crippen LogP contribution in [-0.2, 0) is 11.2 Å². The highest BCUT2D eigenvalue weighted by atomic mass is 35.5. The first-order valence-electron chi connectivity index (χ1n) is 8.02. The highest BCUT2D eigenvalue weighted by Crippen LogP contribution is 2.22. The van der Waals surface area contributed by atoms with Crippen LogP contribution in [0.2, 0.25) is 5.02 Å². The van der Waals surface area contributed by atoms with Crippen molar-refractivity contribution in [3.8, 4) is 0 Å². The van der Waals surface area contributed by atoms with Crippen LogP contribution in [0.1, 0.15) is 32.7 Å². The summed E-state index contributed by atoms with van der Waals surface area (Å²) in [7, 11) is 0. The van der Waals surface area contributed by atoms with Gasteiger partial charge in [0.05, 0.1) is 11.1 Å². The lowest BCUT2D eigenvalue weighted by Gasteiger charge is -2.13. The maximum absolute atomic E-state index is 12.2. The number of hydrogen-bond donors (Lipinski definition) is 1. The van der Waals surface area contributed by atoms with E-state index in [4.69, 9.17) is 11.6 Å². The largest absolute Gasteiger partial charge is 0.356 e. The van der Waals surface area contributed by atoms with Gasteiger partial charge in [-0.15, -0.1) is 0 Å². The summed E-state index contributed by atoms with van der Waals surface area (Å²) < 4.78 is 0. The molecule has 0 radical (unpaired) electrons. The molecule has 2 aromatic carbocycles. The number of benzene rings is 2. The Kier molecular flexibility index (Phi) is 5.14. The Morgan fingerprint density at radius 2 is 1.56 bits per heavy atom. The molecule has 0 bridgehead atoms. The monoisotopic (exact) mass is 356 g/mol. The Bertz CT molecular complexity index is 783. The zero-order chi connectivity index (χ0) is 17.8. The summed E-state index contributed by atoms with van der Waals surface area (Å²) in [4.78, 5) is 37.5. The van der Waals surface area contributed by atoms with Gasteiger partial charge in [0.25, 0.3) is 11.8 Å². The summed E-state index contributed by atoms with van der Waals surface area (Å²) in [6.07, 6.45) is 0.780. The standard InChI is InChI=1S/C19H17ClN2O3/c20-14-7-5-13(6-8-14)9-11-21-17(23)10-12-22-18(24)15-3-1-2-4-16(15)19(22)25/h1-8H,9-12H2,(H,21,23). The minimum absolute atomic E-state index is 0.0825. The van der Waals surface area contributed by atoms with Crippen molar-refractivity contribution in [3.05, 3.63) is 70.2 Å². The fourth-order valence-corrected chi connectivity index (χ4v) is 2.87. The van der Waals surface area contributed by atoms with Crippen molar-refractivity contribution in [1.29, 1.82) is 0 Å². The molecule has 0 saturated heterocycles. The summed E-state index contributed by atoms with van der Waals surface area (Å²) >= 11 is 5.83. The molecule has 2 aromatic rings. The number of carbonyl (C=O) groups is 3. The molecule has 1 aliphatic rings. The number of nitrogens with zero attached hydrogens (tertiary/aromatic N) is 1. The molecule has 0 fully saturated rings. The van der Waals surface area contributed by atoms with Gasteiger partial charge in [0.2, 0.25) is 5.91 Å². The first-order chi connectivity index (χ1) is 12.1. The number of imide groups is 1. The number of amides is 3. The second kappa shape index (κ2) is 7.49. The Morgan fingerprint density at radius 3 is 2.16 bits per heavy atom. The number of fused-ring (bicyclic) bond motifs is 1. The maximum Gasteiger partial charge on any atom is 0.261 e. The number of carbonyl (C=O) groups excluding carboxylic acids is 3. The Hall–Kier alpha value is -2.66. The van der Waals surface area contributed by atoms with Gasteiger partial charge >= 0.3 is 0 Å². The van der Waals surface area contributed by atoms with Gasteiger partial charge < -0.3 is 5.32 Å². The molecular formula is C19H17ClN2O3. The number of halogens is 1. The van der Waals surface area contributed by atoms with Crippen LogP contribution in [0.4, 0.5) is 0 Å². The third kappa shape index (κ3) is 3.88. The number of hydrogen-bond acceptors (Lipinski definition) is 3. The summed E-state index contributed by atoms with van der Waals surface area (Å²) in [5.74, 6) is -0.866. The number of nitrogens with one attached hydrogen (secondary N) is 1. The topological polar surface area (TPSA) is 66.5 Å². The molecule has 1 N–H and O–H groups in total. The molecule has 3 amide bonds. The van der Waals surface area contributed by atoms with Crippen LogP contribution in [0.5, 0.6) is 0 Å². The van der Waals surface area contributed by atoms with Gasteiger partial charge in [0.1, 0.15) is 0 Å². The quantitative estimate of drug-likeness (QED) is 0.809. The molecule has 0 aliphatic carbocycles. The lowest BCUT2D eigenvalue weighted by molar-refractivity contribution is -0.121. The predicted molar refractivity (Wildman–Crippen MR) is 94.6 cm³/mol. The van der Waals surface area contributed by atoms with E-state index < -0.39 is 0 Å². The van der Waals surface area contributed by atoms with Crippen LogP contribution in [-0.4, -0.2) is 35.7 Å². The Morgan fingerprint density at radius 1 is 0.960 bits per heavy atom. The SMILES string of the molecule is O=C(CCN1C(=O)c2ccccc2C1=O)NCCc1ccc(Cl)cc1. The zero-order valence-corrected chi connectivity index (χ0v) is 14.3. The van der Waals surface area contributed by atoms with Gasteiger partial charge in [-0.1, -0.05) is 35.9 Å².